The van der Waals surface area contributed by atoms with Gasteiger partial charge in [-0.1, -0.05) is 18.2 Å². The Hall–Kier alpha value is -2.96. The Bertz CT molecular complexity index is 808. The number of nitrogens with zero attached hydrogens (tertiary/aromatic N) is 3. The number of benzene rings is 1. The van der Waals surface area contributed by atoms with Crippen LogP contribution in [0.1, 0.15) is 23.3 Å². The van der Waals surface area contributed by atoms with Crippen LogP contribution in [0.5, 0.6) is 0 Å². The molecule has 1 aliphatic rings. The van der Waals surface area contributed by atoms with Gasteiger partial charge >= 0.3 is 5.97 Å². The van der Waals surface area contributed by atoms with Crippen molar-refractivity contribution in [3.05, 3.63) is 58.5 Å². The number of hydrogen-bond donors (Lipinski definition) is 1. The van der Waals surface area contributed by atoms with Gasteiger partial charge in [0.2, 0.25) is 0 Å². The molecule has 1 aromatic heterocycles. The van der Waals surface area contributed by atoms with Gasteiger partial charge in [0.15, 0.2) is 0 Å². The maximum absolute atomic E-state index is 12.6. The Balaban J connectivity index is 1.82. The SMILES string of the molecule is O=C(O)C1CCN(C(=O)c2ccc(=O)n(-c3ccccc3)n2)CC1. The van der Waals surface area contributed by atoms with Crippen LogP contribution in [0.3, 0.4) is 0 Å². The van der Waals surface area contributed by atoms with Gasteiger partial charge in [-0.05, 0) is 31.0 Å². The van der Waals surface area contributed by atoms with E-state index in [1.165, 1.54) is 16.8 Å². The van der Waals surface area contributed by atoms with Gasteiger partial charge in [-0.3, -0.25) is 14.4 Å². The molecular formula is C17H17N3O4. The molecule has 2 heterocycles. The van der Waals surface area contributed by atoms with Crippen LogP contribution in [0, 0.1) is 5.92 Å². The summed E-state index contributed by atoms with van der Waals surface area (Å²) in [4.78, 5) is 37.1. The van der Waals surface area contributed by atoms with Gasteiger partial charge in [0.05, 0.1) is 11.6 Å². The van der Waals surface area contributed by atoms with Gasteiger partial charge in [-0.2, -0.15) is 9.78 Å². The lowest BCUT2D eigenvalue weighted by molar-refractivity contribution is -0.143. The molecule has 0 unspecified atom stereocenters. The Kier molecular flexibility index (Phi) is 4.41. The lowest BCUT2D eigenvalue weighted by Crippen LogP contribution is -2.41. The van der Waals surface area contributed by atoms with Crippen LogP contribution in [0.25, 0.3) is 5.69 Å². The van der Waals surface area contributed by atoms with Gasteiger partial charge in [-0.15, -0.1) is 0 Å². The highest BCUT2D eigenvalue weighted by molar-refractivity contribution is 5.92. The molecule has 124 valence electrons. The van der Waals surface area contributed by atoms with Gasteiger partial charge in [0.25, 0.3) is 11.5 Å². The quantitative estimate of drug-likeness (QED) is 0.913. The number of aromatic nitrogens is 2. The molecule has 2 aromatic rings. The number of carboxylic acids is 1. The topological polar surface area (TPSA) is 92.5 Å². The Morgan fingerprint density at radius 3 is 2.33 bits per heavy atom. The number of carbonyl (C=O) groups is 2. The molecule has 1 aromatic carbocycles. The zero-order valence-corrected chi connectivity index (χ0v) is 13.0. The minimum absolute atomic E-state index is 0.173. The molecule has 1 saturated heterocycles. The predicted octanol–water partition coefficient (Wildman–Crippen LogP) is 1.17. The number of carbonyl (C=O) groups excluding carboxylic acids is 1. The second-order valence-corrected chi connectivity index (χ2v) is 5.71. The van der Waals surface area contributed by atoms with Crippen molar-refractivity contribution in [3.63, 3.8) is 0 Å². The molecule has 0 radical (unpaired) electrons. The number of likely N-dealkylation sites (tertiary alicyclic amines) is 1. The smallest absolute Gasteiger partial charge is 0.306 e. The van der Waals surface area contributed by atoms with Crippen molar-refractivity contribution in [1.29, 1.82) is 0 Å². The van der Waals surface area contributed by atoms with Crippen molar-refractivity contribution in [3.8, 4) is 5.69 Å². The van der Waals surface area contributed by atoms with Crippen molar-refractivity contribution in [1.82, 2.24) is 14.7 Å². The minimum Gasteiger partial charge on any atom is -0.481 e. The van der Waals surface area contributed by atoms with E-state index in [0.29, 0.717) is 31.6 Å². The summed E-state index contributed by atoms with van der Waals surface area (Å²) in [5.41, 5.74) is 0.441. The van der Waals surface area contributed by atoms with E-state index in [2.05, 4.69) is 5.10 Å². The van der Waals surface area contributed by atoms with E-state index in [-0.39, 0.29) is 17.2 Å². The zero-order valence-electron chi connectivity index (χ0n) is 13.0. The van der Waals surface area contributed by atoms with E-state index in [1.807, 2.05) is 6.07 Å². The molecular weight excluding hydrogens is 310 g/mol. The Labute approximate surface area is 138 Å². The summed E-state index contributed by atoms with van der Waals surface area (Å²) in [5, 5.41) is 13.2. The van der Waals surface area contributed by atoms with Gasteiger partial charge < -0.3 is 10.0 Å². The Morgan fingerprint density at radius 2 is 1.71 bits per heavy atom. The maximum Gasteiger partial charge on any atom is 0.306 e. The van der Waals surface area contributed by atoms with Crippen LogP contribution in [0.2, 0.25) is 0 Å². The van der Waals surface area contributed by atoms with E-state index in [1.54, 1.807) is 29.2 Å². The maximum atomic E-state index is 12.6. The highest BCUT2D eigenvalue weighted by atomic mass is 16.4. The van der Waals surface area contributed by atoms with Gasteiger partial charge in [-0.25, -0.2) is 0 Å². The summed E-state index contributed by atoms with van der Waals surface area (Å²) >= 11 is 0. The first-order valence-electron chi connectivity index (χ1n) is 7.74. The number of piperidine rings is 1. The highest BCUT2D eigenvalue weighted by Gasteiger charge is 2.28. The molecule has 7 heteroatoms. The number of amides is 1. The van der Waals surface area contributed by atoms with Crippen LogP contribution < -0.4 is 5.56 Å². The molecule has 0 atom stereocenters. The van der Waals surface area contributed by atoms with Crippen LogP contribution >= 0.6 is 0 Å². The third-order valence-corrected chi connectivity index (χ3v) is 4.15. The summed E-state index contributed by atoms with van der Waals surface area (Å²) in [6, 6.07) is 11.6. The summed E-state index contributed by atoms with van der Waals surface area (Å²) in [5.74, 6) is -1.51. The molecule has 1 fully saturated rings. The summed E-state index contributed by atoms with van der Waals surface area (Å²) in [7, 11) is 0. The minimum atomic E-state index is -0.821. The molecule has 7 nitrogen and oxygen atoms in total. The standard InChI is InChI=1S/C17H17N3O4/c21-15-7-6-14(18-20(15)13-4-2-1-3-5-13)16(22)19-10-8-12(9-11-19)17(23)24/h1-7,12H,8-11H2,(H,23,24). The molecule has 1 N–H and O–H groups in total. The molecule has 24 heavy (non-hydrogen) atoms. The predicted molar refractivity (Wildman–Crippen MR) is 86.1 cm³/mol. The molecule has 0 bridgehead atoms. The number of carboxylic acid groups (broad SMARTS) is 1. The molecule has 0 aliphatic carbocycles. The molecule has 0 spiro atoms. The van der Waals surface area contributed by atoms with Crippen molar-refractivity contribution in [2.75, 3.05) is 13.1 Å². The van der Waals surface area contributed by atoms with E-state index >= 15 is 0 Å². The first kappa shape index (κ1) is 15.9. The van der Waals surface area contributed by atoms with E-state index in [4.69, 9.17) is 5.11 Å². The van der Waals surface area contributed by atoms with Crippen molar-refractivity contribution in [2.24, 2.45) is 5.92 Å². The van der Waals surface area contributed by atoms with Crippen LogP contribution in [-0.4, -0.2) is 44.8 Å². The highest BCUT2D eigenvalue weighted by Crippen LogP contribution is 2.18. The fourth-order valence-corrected chi connectivity index (χ4v) is 2.77. The number of aliphatic carboxylic acids is 1. The summed E-state index contributed by atoms with van der Waals surface area (Å²) < 4.78 is 1.19. The average molecular weight is 327 g/mol. The Morgan fingerprint density at radius 1 is 1.04 bits per heavy atom. The number of hydrogen-bond acceptors (Lipinski definition) is 4. The van der Waals surface area contributed by atoms with Gasteiger partial charge in [0, 0.05) is 19.2 Å². The second kappa shape index (κ2) is 6.66. The zero-order chi connectivity index (χ0) is 17.1. The molecule has 0 saturated carbocycles. The first-order valence-corrected chi connectivity index (χ1v) is 7.74. The lowest BCUT2D eigenvalue weighted by atomic mass is 9.97. The fraction of sp³-hybridized carbons (Fsp3) is 0.294. The van der Waals surface area contributed by atoms with E-state index in [0.717, 1.165) is 0 Å². The third kappa shape index (κ3) is 3.19. The number of rotatable bonds is 3. The van der Waals surface area contributed by atoms with E-state index < -0.39 is 11.9 Å². The third-order valence-electron chi connectivity index (χ3n) is 4.15. The van der Waals surface area contributed by atoms with Crippen molar-refractivity contribution >= 4 is 11.9 Å². The normalized spacial score (nSPS) is 15.2. The monoisotopic (exact) mass is 327 g/mol. The van der Waals surface area contributed by atoms with E-state index in [9.17, 15) is 14.4 Å². The van der Waals surface area contributed by atoms with Crippen LogP contribution in [-0.2, 0) is 4.79 Å². The largest absolute Gasteiger partial charge is 0.481 e. The molecule has 1 amide bonds. The second-order valence-electron chi connectivity index (χ2n) is 5.71. The van der Waals surface area contributed by atoms with Gasteiger partial charge in [0.1, 0.15) is 5.69 Å². The first-order chi connectivity index (χ1) is 11.6. The number of para-hydroxylation sites is 1. The fourth-order valence-electron chi connectivity index (χ4n) is 2.77. The molecule has 3 rings (SSSR count). The van der Waals surface area contributed by atoms with Crippen molar-refractivity contribution in [2.45, 2.75) is 12.8 Å². The van der Waals surface area contributed by atoms with Crippen LogP contribution in [0.15, 0.2) is 47.3 Å². The molecule has 1 aliphatic heterocycles. The summed E-state index contributed by atoms with van der Waals surface area (Å²) in [6.07, 6.45) is 0.860. The summed E-state index contributed by atoms with van der Waals surface area (Å²) in [6.45, 7) is 0.754. The average Bonchev–Trinajstić information content (AvgIpc) is 2.62. The van der Waals surface area contributed by atoms with Crippen molar-refractivity contribution < 1.29 is 14.7 Å². The van der Waals surface area contributed by atoms with Crippen LogP contribution in [0.4, 0.5) is 0 Å². The lowest BCUT2D eigenvalue weighted by Gasteiger charge is -2.29.